The highest BCUT2D eigenvalue weighted by Crippen LogP contribution is 2.41. The average molecular weight is 394 g/mol. The molecule has 26 heavy (non-hydrogen) atoms. The lowest BCUT2D eigenvalue weighted by atomic mass is 10.1. The number of ether oxygens (including phenoxy) is 1. The summed E-state index contributed by atoms with van der Waals surface area (Å²) in [7, 11) is 1.28. The lowest BCUT2D eigenvalue weighted by molar-refractivity contribution is -0.142. The summed E-state index contributed by atoms with van der Waals surface area (Å²) >= 11 is -0.287. The molecule has 0 aliphatic carbocycles. The molecule has 1 aromatic carbocycles. The fourth-order valence-corrected chi connectivity index (χ4v) is 2.91. The van der Waals surface area contributed by atoms with Crippen molar-refractivity contribution >= 4 is 23.6 Å². The van der Waals surface area contributed by atoms with Crippen LogP contribution in [0.1, 0.15) is 19.4 Å². The van der Waals surface area contributed by atoms with E-state index in [9.17, 15) is 27.9 Å². The molecule has 1 aromatic rings. The molecule has 2 N–H and O–H groups in total. The van der Waals surface area contributed by atoms with E-state index >= 15 is 0 Å². The van der Waals surface area contributed by atoms with Crippen molar-refractivity contribution in [2.24, 2.45) is 0 Å². The van der Waals surface area contributed by atoms with Crippen molar-refractivity contribution in [2.75, 3.05) is 20.2 Å². The predicted molar refractivity (Wildman–Crippen MR) is 91.1 cm³/mol. The van der Waals surface area contributed by atoms with Gasteiger partial charge in [-0.25, -0.2) is 0 Å². The number of rotatable bonds is 9. The molecule has 6 nitrogen and oxygen atoms in total. The third kappa shape index (κ3) is 7.52. The molecule has 0 bridgehead atoms. The van der Waals surface area contributed by atoms with Crippen LogP contribution in [0.25, 0.3) is 0 Å². The maximum atomic E-state index is 12.7. The Balaban J connectivity index is 2.99. The molecule has 0 saturated heterocycles. The number of carboxylic acids is 1. The molecule has 1 unspecified atom stereocenters. The van der Waals surface area contributed by atoms with Gasteiger partial charge in [0.2, 0.25) is 5.91 Å². The normalized spacial score (nSPS) is 12.7. The van der Waals surface area contributed by atoms with Gasteiger partial charge in [0.15, 0.2) is 0 Å². The Morgan fingerprint density at radius 3 is 2.54 bits per heavy atom. The van der Waals surface area contributed by atoms with Gasteiger partial charge in [-0.05, 0) is 36.4 Å². The first-order chi connectivity index (χ1) is 12.0. The number of alkyl halides is 3. The van der Waals surface area contributed by atoms with Crippen molar-refractivity contribution in [1.29, 1.82) is 0 Å². The van der Waals surface area contributed by atoms with Crippen LogP contribution in [-0.2, 0) is 16.1 Å². The number of halogens is 3. The molecular weight excluding hydrogens is 373 g/mol. The van der Waals surface area contributed by atoms with Crippen LogP contribution in [0.5, 0.6) is 5.75 Å². The van der Waals surface area contributed by atoms with Gasteiger partial charge >= 0.3 is 11.5 Å². The van der Waals surface area contributed by atoms with E-state index in [1.807, 2.05) is 0 Å². The van der Waals surface area contributed by atoms with Gasteiger partial charge < -0.3 is 15.2 Å². The van der Waals surface area contributed by atoms with Gasteiger partial charge in [0.05, 0.1) is 12.0 Å². The smallest absolute Gasteiger partial charge is 0.446 e. The lowest BCUT2D eigenvalue weighted by Gasteiger charge is -2.26. The Bertz CT molecular complexity index is 640. The Labute approximate surface area is 153 Å². The molecule has 0 heterocycles. The summed E-state index contributed by atoms with van der Waals surface area (Å²) in [5.74, 6) is -1.22. The predicted octanol–water partition coefficient (Wildman–Crippen LogP) is 2.72. The molecular formula is C16H21F3N2O4S. The summed E-state index contributed by atoms with van der Waals surface area (Å²) in [6, 6.07) is 3.46. The van der Waals surface area contributed by atoms with Crippen molar-refractivity contribution in [1.82, 2.24) is 10.2 Å². The number of aliphatic carboxylic acids is 1. The number of benzene rings is 1. The number of carbonyl (C=O) groups excluding carboxylic acids is 1. The lowest BCUT2D eigenvalue weighted by Crippen LogP contribution is -2.42. The van der Waals surface area contributed by atoms with Crippen LogP contribution in [0, 0.1) is 0 Å². The second-order valence-corrected chi connectivity index (χ2v) is 6.61. The molecule has 0 aliphatic heterocycles. The van der Waals surface area contributed by atoms with Crippen molar-refractivity contribution in [3.8, 4) is 5.75 Å². The number of nitrogens with one attached hydrogen (secondary N) is 1. The van der Waals surface area contributed by atoms with E-state index in [1.54, 1.807) is 11.0 Å². The van der Waals surface area contributed by atoms with Crippen LogP contribution >= 0.6 is 11.8 Å². The van der Waals surface area contributed by atoms with Crippen LogP contribution in [-0.4, -0.2) is 53.6 Å². The van der Waals surface area contributed by atoms with Gasteiger partial charge in [-0.2, -0.15) is 13.2 Å². The van der Waals surface area contributed by atoms with E-state index in [0.717, 1.165) is 0 Å². The highest BCUT2D eigenvalue weighted by atomic mass is 32.2. The number of hydrogen-bond donors (Lipinski definition) is 2. The first kappa shape index (κ1) is 22.1. The zero-order valence-electron chi connectivity index (χ0n) is 14.6. The molecule has 0 aliphatic rings. The highest BCUT2D eigenvalue weighted by Gasteiger charge is 2.31. The second kappa shape index (κ2) is 9.67. The highest BCUT2D eigenvalue weighted by molar-refractivity contribution is 8.00. The topological polar surface area (TPSA) is 78.9 Å². The molecule has 0 radical (unpaired) electrons. The van der Waals surface area contributed by atoms with Gasteiger partial charge in [-0.1, -0.05) is 6.07 Å². The van der Waals surface area contributed by atoms with E-state index in [0.29, 0.717) is 5.56 Å². The number of carboxylic acid groups (broad SMARTS) is 1. The van der Waals surface area contributed by atoms with Crippen molar-refractivity contribution in [3.05, 3.63) is 23.8 Å². The maximum Gasteiger partial charge on any atom is 0.446 e. The van der Waals surface area contributed by atoms with Gasteiger partial charge in [0.1, 0.15) is 11.8 Å². The Morgan fingerprint density at radius 1 is 1.38 bits per heavy atom. The molecule has 1 amide bonds. The van der Waals surface area contributed by atoms with E-state index < -0.39 is 17.5 Å². The molecule has 0 saturated carbocycles. The number of carbonyl (C=O) groups is 2. The average Bonchev–Trinajstić information content (AvgIpc) is 2.51. The number of thioether (sulfide) groups is 1. The molecule has 0 fully saturated rings. The third-order valence-corrected chi connectivity index (χ3v) is 4.29. The van der Waals surface area contributed by atoms with Crippen LogP contribution in [0.4, 0.5) is 13.2 Å². The molecule has 1 rings (SSSR count). The monoisotopic (exact) mass is 394 g/mol. The fourth-order valence-electron chi connectivity index (χ4n) is 2.20. The van der Waals surface area contributed by atoms with Crippen molar-refractivity contribution in [3.63, 3.8) is 0 Å². The number of hydrogen-bond acceptors (Lipinski definition) is 5. The summed E-state index contributed by atoms with van der Waals surface area (Å²) < 4.78 is 43.1. The maximum absolute atomic E-state index is 12.7. The number of nitrogens with zero attached hydrogens (tertiary/aromatic N) is 1. The Kier molecular flexibility index (Phi) is 8.22. The third-order valence-electron chi connectivity index (χ3n) is 3.52. The van der Waals surface area contributed by atoms with Gasteiger partial charge in [0, 0.05) is 26.6 Å². The fraction of sp³-hybridized carbons (Fsp3) is 0.500. The quantitative estimate of drug-likeness (QED) is 0.627. The Hall–Kier alpha value is -1.94. The minimum absolute atomic E-state index is 0.0900. The van der Waals surface area contributed by atoms with E-state index in [-0.39, 0.29) is 47.9 Å². The van der Waals surface area contributed by atoms with Crippen LogP contribution in [0.15, 0.2) is 23.1 Å². The SMILES string of the molecule is COc1ccc(CN(CCNC(C)=O)C(C)C(=O)O)cc1SC(F)(F)F. The van der Waals surface area contributed by atoms with Crippen LogP contribution < -0.4 is 10.1 Å². The zero-order valence-corrected chi connectivity index (χ0v) is 15.4. The van der Waals surface area contributed by atoms with Crippen molar-refractivity contribution < 1.29 is 32.6 Å². The first-order valence-corrected chi connectivity index (χ1v) is 8.49. The summed E-state index contributed by atoms with van der Waals surface area (Å²) in [4.78, 5) is 23.7. The van der Waals surface area contributed by atoms with Gasteiger partial charge in [-0.3, -0.25) is 14.5 Å². The standard InChI is InChI=1S/C16H21F3N2O4S/c1-10(15(23)24)21(7-6-20-11(2)22)9-12-4-5-13(25-3)14(8-12)26-16(17,18)19/h4-5,8,10H,6-7,9H2,1-3H3,(H,20,22)(H,23,24). The molecule has 1 atom stereocenters. The number of amides is 1. The molecule has 0 aromatic heterocycles. The molecule has 0 spiro atoms. The summed E-state index contributed by atoms with van der Waals surface area (Å²) in [5, 5.41) is 11.8. The minimum Gasteiger partial charge on any atom is -0.496 e. The Morgan fingerprint density at radius 2 is 2.04 bits per heavy atom. The number of methoxy groups -OCH3 is 1. The second-order valence-electron chi connectivity index (χ2n) is 5.50. The van der Waals surface area contributed by atoms with Gasteiger partial charge in [-0.15, -0.1) is 0 Å². The zero-order chi connectivity index (χ0) is 19.9. The van der Waals surface area contributed by atoms with E-state index in [1.165, 1.54) is 33.1 Å². The van der Waals surface area contributed by atoms with Gasteiger partial charge in [0.25, 0.3) is 0 Å². The summed E-state index contributed by atoms with van der Waals surface area (Å²) in [6.07, 6.45) is 0. The minimum atomic E-state index is -4.47. The molecule has 10 heteroatoms. The first-order valence-electron chi connectivity index (χ1n) is 7.67. The van der Waals surface area contributed by atoms with E-state index in [4.69, 9.17) is 4.74 Å². The van der Waals surface area contributed by atoms with Crippen LogP contribution in [0.3, 0.4) is 0 Å². The van der Waals surface area contributed by atoms with Crippen LogP contribution in [0.2, 0.25) is 0 Å². The molecule has 146 valence electrons. The summed E-state index contributed by atoms with van der Waals surface area (Å²) in [5.41, 5.74) is -3.96. The summed E-state index contributed by atoms with van der Waals surface area (Å²) in [6.45, 7) is 3.40. The largest absolute Gasteiger partial charge is 0.496 e. The van der Waals surface area contributed by atoms with E-state index in [2.05, 4.69) is 5.32 Å². The van der Waals surface area contributed by atoms with Crippen molar-refractivity contribution in [2.45, 2.75) is 36.8 Å².